The summed E-state index contributed by atoms with van der Waals surface area (Å²) < 4.78 is 0. The van der Waals surface area contributed by atoms with Crippen molar-refractivity contribution in [1.29, 1.82) is 0 Å². The van der Waals surface area contributed by atoms with Gasteiger partial charge < -0.3 is 10.2 Å². The van der Waals surface area contributed by atoms with Crippen LogP contribution in [0.3, 0.4) is 0 Å². The third-order valence-electron chi connectivity index (χ3n) is 4.26. The number of thiophene rings is 1. The molecule has 1 fully saturated rings. The Kier molecular flexibility index (Phi) is 5.10. The largest absolute Gasteiger partial charge is 0.379 e. The first-order valence-corrected chi connectivity index (χ1v) is 8.90. The Balaban J connectivity index is 1.57. The highest BCUT2D eigenvalue weighted by atomic mass is 32.1. The highest BCUT2D eigenvalue weighted by molar-refractivity contribution is 7.07. The molecule has 7 heteroatoms. The topological polar surface area (TPSA) is 75.5 Å². The molecule has 0 radical (unpaired) electrons. The molecule has 1 saturated heterocycles. The standard InChI is InChI=1S/C17H19N3O3S/c21-17(19-10-3-6-15(19)13-8-11-24-12-13)7-9-18-14-4-1-2-5-16(14)20(22)23/h1-2,4-5,8,11-12,15,18H,3,6-7,9-10H2/t15-/m0/s1. The van der Waals surface area contributed by atoms with Crippen molar-refractivity contribution >= 4 is 28.6 Å². The molecule has 1 N–H and O–H groups in total. The molecule has 1 amide bonds. The zero-order valence-electron chi connectivity index (χ0n) is 13.2. The fourth-order valence-corrected chi connectivity index (χ4v) is 3.81. The number of hydrogen-bond donors (Lipinski definition) is 1. The normalized spacial score (nSPS) is 17.0. The molecule has 0 spiro atoms. The summed E-state index contributed by atoms with van der Waals surface area (Å²) in [5.74, 6) is 0.0924. The van der Waals surface area contributed by atoms with Crippen molar-refractivity contribution in [1.82, 2.24) is 4.90 Å². The lowest BCUT2D eigenvalue weighted by atomic mass is 10.1. The number of benzene rings is 1. The number of nitrogens with zero attached hydrogens (tertiary/aromatic N) is 2. The number of carbonyl (C=O) groups excluding carboxylic acids is 1. The molecule has 1 aromatic heterocycles. The number of nitro groups is 1. The van der Waals surface area contributed by atoms with Crippen LogP contribution in [0.2, 0.25) is 0 Å². The van der Waals surface area contributed by atoms with Crippen LogP contribution in [0, 0.1) is 10.1 Å². The SMILES string of the molecule is O=C(CCNc1ccccc1[N+](=O)[O-])N1CCC[C@H]1c1ccsc1. The molecule has 2 aromatic rings. The summed E-state index contributed by atoms with van der Waals surface area (Å²) in [5, 5.41) is 18.1. The van der Waals surface area contributed by atoms with Gasteiger partial charge in [0, 0.05) is 25.6 Å². The van der Waals surface area contributed by atoms with E-state index in [0.717, 1.165) is 19.4 Å². The summed E-state index contributed by atoms with van der Waals surface area (Å²) in [6.45, 7) is 1.17. The molecule has 2 heterocycles. The molecule has 0 bridgehead atoms. The number of anilines is 1. The van der Waals surface area contributed by atoms with Gasteiger partial charge in [-0.25, -0.2) is 0 Å². The van der Waals surface area contributed by atoms with Gasteiger partial charge in [0.2, 0.25) is 5.91 Å². The number of hydrogen-bond acceptors (Lipinski definition) is 5. The van der Waals surface area contributed by atoms with Gasteiger partial charge in [-0.2, -0.15) is 11.3 Å². The highest BCUT2D eigenvalue weighted by Gasteiger charge is 2.29. The van der Waals surface area contributed by atoms with E-state index < -0.39 is 4.92 Å². The van der Waals surface area contributed by atoms with Crippen molar-refractivity contribution in [2.24, 2.45) is 0 Å². The summed E-state index contributed by atoms with van der Waals surface area (Å²) in [4.78, 5) is 25.0. The number of carbonyl (C=O) groups is 1. The predicted octanol–water partition coefficient (Wildman–Crippen LogP) is 3.82. The zero-order chi connectivity index (χ0) is 16.9. The Labute approximate surface area is 144 Å². The van der Waals surface area contributed by atoms with E-state index in [4.69, 9.17) is 0 Å². The molecule has 0 unspecified atom stereocenters. The third kappa shape index (κ3) is 3.56. The summed E-state index contributed by atoms with van der Waals surface area (Å²) in [7, 11) is 0. The smallest absolute Gasteiger partial charge is 0.292 e. The van der Waals surface area contributed by atoms with Gasteiger partial charge in [0.15, 0.2) is 0 Å². The van der Waals surface area contributed by atoms with E-state index >= 15 is 0 Å². The molecule has 3 rings (SSSR count). The van der Waals surface area contributed by atoms with Crippen LogP contribution in [0.15, 0.2) is 41.1 Å². The third-order valence-corrected chi connectivity index (χ3v) is 4.96. The van der Waals surface area contributed by atoms with Gasteiger partial charge in [-0.15, -0.1) is 0 Å². The van der Waals surface area contributed by atoms with E-state index in [0.29, 0.717) is 18.7 Å². The lowest BCUT2D eigenvalue weighted by Crippen LogP contribution is -2.31. The van der Waals surface area contributed by atoms with Crippen molar-refractivity contribution < 1.29 is 9.72 Å². The molecule has 0 aliphatic carbocycles. The molecular weight excluding hydrogens is 326 g/mol. The Bertz CT molecular complexity index is 718. The second-order valence-electron chi connectivity index (χ2n) is 5.75. The van der Waals surface area contributed by atoms with Crippen LogP contribution in [0.1, 0.15) is 30.9 Å². The van der Waals surface area contributed by atoms with Crippen LogP contribution in [0.25, 0.3) is 0 Å². The Morgan fingerprint density at radius 1 is 1.38 bits per heavy atom. The number of nitrogens with one attached hydrogen (secondary N) is 1. The average molecular weight is 345 g/mol. The van der Waals surface area contributed by atoms with Gasteiger partial charge >= 0.3 is 0 Å². The maximum atomic E-state index is 12.5. The minimum atomic E-state index is -0.419. The van der Waals surface area contributed by atoms with E-state index in [2.05, 4.69) is 16.8 Å². The Hall–Kier alpha value is -2.41. The summed E-state index contributed by atoms with van der Waals surface area (Å²) in [6.07, 6.45) is 2.34. The fourth-order valence-electron chi connectivity index (χ4n) is 3.11. The molecule has 24 heavy (non-hydrogen) atoms. The summed E-state index contributed by atoms with van der Waals surface area (Å²) in [5.41, 5.74) is 1.69. The van der Waals surface area contributed by atoms with Gasteiger partial charge in [-0.3, -0.25) is 14.9 Å². The van der Waals surface area contributed by atoms with Crippen LogP contribution in [-0.4, -0.2) is 28.8 Å². The van der Waals surface area contributed by atoms with Crippen LogP contribution >= 0.6 is 11.3 Å². The number of nitro benzene ring substituents is 1. The molecule has 0 saturated carbocycles. The van der Waals surface area contributed by atoms with Gasteiger partial charge in [0.1, 0.15) is 5.69 Å². The maximum Gasteiger partial charge on any atom is 0.292 e. The zero-order valence-corrected chi connectivity index (χ0v) is 14.0. The van der Waals surface area contributed by atoms with Gasteiger partial charge in [-0.1, -0.05) is 12.1 Å². The van der Waals surface area contributed by atoms with Crippen LogP contribution in [0.5, 0.6) is 0 Å². The second kappa shape index (κ2) is 7.44. The minimum Gasteiger partial charge on any atom is -0.379 e. The Morgan fingerprint density at radius 2 is 2.21 bits per heavy atom. The minimum absolute atomic E-state index is 0.0299. The Morgan fingerprint density at radius 3 is 2.96 bits per heavy atom. The first-order valence-electron chi connectivity index (χ1n) is 7.95. The second-order valence-corrected chi connectivity index (χ2v) is 6.53. The highest BCUT2D eigenvalue weighted by Crippen LogP contribution is 2.33. The van der Waals surface area contributed by atoms with Crippen molar-refractivity contribution in [3.8, 4) is 0 Å². The molecule has 126 valence electrons. The van der Waals surface area contributed by atoms with Crippen LogP contribution in [0.4, 0.5) is 11.4 Å². The lowest BCUT2D eigenvalue weighted by Gasteiger charge is -2.24. The van der Waals surface area contributed by atoms with E-state index in [1.807, 2.05) is 10.3 Å². The maximum absolute atomic E-state index is 12.5. The summed E-state index contributed by atoms with van der Waals surface area (Å²) in [6, 6.07) is 8.74. The molecule has 6 nitrogen and oxygen atoms in total. The quantitative estimate of drug-likeness (QED) is 0.638. The molecule has 1 atom stereocenters. The van der Waals surface area contributed by atoms with Gasteiger partial charge in [-0.05, 0) is 41.3 Å². The monoisotopic (exact) mass is 345 g/mol. The van der Waals surface area contributed by atoms with E-state index in [1.54, 1.807) is 29.5 Å². The van der Waals surface area contributed by atoms with Crippen LogP contribution in [-0.2, 0) is 4.79 Å². The number of likely N-dealkylation sites (tertiary alicyclic amines) is 1. The number of amides is 1. The first-order chi connectivity index (χ1) is 11.7. The molecular formula is C17H19N3O3S. The van der Waals surface area contributed by atoms with Gasteiger partial charge in [0.05, 0.1) is 11.0 Å². The fraction of sp³-hybridized carbons (Fsp3) is 0.353. The molecule has 1 aliphatic heterocycles. The predicted molar refractivity (Wildman–Crippen MR) is 94.2 cm³/mol. The first kappa shape index (κ1) is 16.4. The average Bonchev–Trinajstić information content (AvgIpc) is 3.26. The van der Waals surface area contributed by atoms with Crippen molar-refractivity contribution in [2.75, 3.05) is 18.4 Å². The number of rotatable bonds is 6. The van der Waals surface area contributed by atoms with E-state index in [9.17, 15) is 14.9 Å². The molecule has 1 aromatic carbocycles. The van der Waals surface area contributed by atoms with E-state index in [-0.39, 0.29) is 17.6 Å². The molecule has 1 aliphatic rings. The van der Waals surface area contributed by atoms with Crippen LogP contribution < -0.4 is 5.32 Å². The van der Waals surface area contributed by atoms with Crippen molar-refractivity contribution in [3.63, 3.8) is 0 Å². The van der Waals surface area contributed by atoms with Crippen molar-refractivity contribution in [3.05, 3.63) is 56.8 Å². The van der Waals surface area contributed by atoms with E-state index in [1.165, 1.54) is 11.6 Å². The van der Waals surface area contributed by atoms with Crippen molar-refractivity contribution in [2.45, 2.75) is 25.3 Å². The summed E-state index contributed by atoms with van der Waals surface area (Å²) >= 11 is 1.65. The lowest BCUT2D eigenvalue weighted by molar-refractivity contribution is -0.384. The number of para-hydroxylation sites is 2. The van der Waals surface area contributed by atoms with Gasteiger partial charge in [0.25, 0.3) is 5.69 Å².